The van der Waals surface area contributed by atoms with Crippen LogP contribution in [0.15, 0.2) is 42.5 Å². The second-order valence-electron chi connectivity index (χ2n) is 6.12. The summed E-state index contributed by atoms with van der Waals surface area (Å²) in [5, 5.41) is 2.71. The van der Waals surface area contributed by atoms with Crippen molar-refractivity contribution < 1.29 is 27.1 Å². The molecule has 2 aromatic carbocycles. The Morgan fingerprint density at radius 1 is 1.11 bits per heavy atom. The SMILES string of the molecule is COc1ccc(CNC(=O)[C@@H](C)N(c2ccc(F)cc2)S(C)(=O)=O)cc1OC. The molecule has 0 aliphatic carbocycles. The molecule has 1 atom stereocenters. The first kappa shape index (κ1) is 21.5. The fraction of sp³-hybridized carbons (Fsp3) is 0.316. The van der Waals surface area contributed by atoms with Gasteiger partial charge in [0.2, 0.25) is 15.9 Å². The third kappa shape index (κ3) is 5.13. The number of benzene rings is 2. The van der Waals surface area contributed by atoms with E-state index in [0.29, 0.717) is 11.5 Å². The first-order valence-corrected chi connectivity index (χ1v) is 10.3. The van der Waals surface area contributed by atoms with E-state index in [-0.39, 0.29) is 12.2 Å². The van der Waals surface area contributed by atoms with Gasteiger partial charge in [-0.05, 0) is 48.9 Å². The highest BCUT2D eigenvalue weighted by Gasteiger charge is 2.29. The lowest BCUT2D eigenvalue weighted by Crippen LogP contribution is -2.47. The van der Waals surface area contributed by atoms with E-state index in [1.165, 1.54) is 33.3 Å². The number of anilines is 1. The number of nitrogens with one attached hydrogen (secondary N) is 1. The zero-order valence-corrected chi connectivity index (χ0v) is 16.9. The molecule has 7 nitrogen and oxygen atoms in total. The number of amides is 1. The van der Waals surface area contributed by atoms with Gasteiger partial charge in [0.25, 0.3) is 0 Å². The van der Waals surface area contributed by atoms with Crippen molar-refractivity contribution in [1.29, 1.82) is 0 Å². The van der Waals surface area contributed by atoms with Crippen molar-refractivity contribution in [2.45, 2.75) is 19.5 Å². The Morgan fingerprint density at radius 2 is 1.71 bits per heavy atom. The summed E-state index contributed by atoms with van der Waals surface area (Å²) in [6, 6.07) is 9.08. The van der Waals surface area contributed by atoms with Crippen LogP contribution in [0.25, 0.3) is 0 Å². The maximum absolute atomic E-state index is 13.2. The van der Waals surface area contributed by atoms with E-state index in [1.807, 2.05) is 0 Å². The van der Waals surface area contributed by atoms with Gasteiger partial charge in [-0.2, -0.15) is 0 Å². The molecule has 2 rings (SSSR count). The average Bonchev–Trinajstić information content (AvgIpc) is 2.66. The van der Waals surface area contributed by atoms with Gasteiger partial charge >= 0.3 is 0 Å². The third-order valence-corrected chi connectivity index (χ3v) is 5.33. The van der Waals surface area contributed by atoms with E-state index in [2.05, 4.69) is 5.32 Å². The Balaban J connectivity index is 2.16. The van der Waals surface area contributed by atoms with Crippen LogP contribution in [0.2, 0.25) is 0 Å². The summed E-state index contributed by atoms with van der Waals surface area (Å²) in [7, 11) is -0.731. The molecule has 152 valence electrons. The van der Waals surface area contributed by atoms with Crippen molar-refractivity contribution in [3.63, 3.8) is 0 Å². The van der Waals surface area contributed by atoms with Gasteiger partial charge in [0.1, 0.15) is 11.9 Å². The van der Waals surface area contributed by atoms with Crippen molar-refractivity contribution >= 4 is 21.6 Å². The van der Waals surface area contributed by atoms with E-state index in [1.54, 1.807) is 18.2 Å². The molecule has 0 bridgehead atoms. The Bertz CT molecular complexity index is 932. The molecule has 0 aliphatic heterocycles. The van der Waals surface area contributed by atoms with E-state index < -0.39 is 27.8 Å². The van der Waals surface area contributed by atoms with Crippen molar-refractivity contribution in [3.8, 4) is 11.5 Å². The Labute approximate surface area is 164 Å². The van der Waals surface area contributed by atoms with E-state index in [4.69, 9.17) is 9.47 Å². The smallest absolute Gasteiger partial charge is 0.243 e. The van der Waals surface area contributed by atoms with Crippen LogP contribution in [0.5, 0.6) is 11.5 Å². The zero-order valence-electron chi connectivity index (χ0n) is 16.1. The Morgan fingerprint density at radius 3 is 2.25 bits per heavy atom. The first-order chi connectivity index (χ1) is 13.2. The number of halogens is 1. The van der Waals surface area contributed by atoms with Gasteiger partial charge in [-0.25, -0.2) is 12.8 Å². The fourth-order valence-corrected chi connectivity index (χ4v) is 3.90. The second-order valence-corrected chi connectivity index (χ2v) is 7.98. The van der Waals surface area contributed by atoms with Crippen LogP contribution >= 0.6 is 0 Å². The van der Waals surface area contributed by atoms with Crippen LogP contribution in [0.4, 0.5) is 10.1 Å². The van der Waals surface area contributed by atoms with Crippen LogP contribution in [-0.4, -0.2) is 40.8 Å². The van der Waals surface area contributed by atoms with Gasteiger partial charge in [0.05, 0.1) is 26.2 Å². The molecule has 0 aromatic heterocycles. The van der Waals surface area contributed by atoms with E-state index in [9.17, 15) is 17.6 Å². The lowest BCUT2D eigenvalue weighted by Gasteiger charge is -2.28. The van der Waals surface area contributed by atoms with Gasteiger partial charge < -0.3 is 14.8 Å². The standard InChI is InChI=1S/C19H23FN2O5S/c1-13(22(28(4,24)25)16-8-6-15(20)7-9-16)19(23)21-12-14-5-10-17(26-2)18(11-14)27-3/h5-11,13H,12H2,1-4H3,(H,21,23)/t13-/m1/s1. The molecule has 28 heavy (non-hydrogen) atoms. The summed E-state index contributed by atoms with van der Waals surface area (Å²) in [5.74, 6) is 0.0872. The summed E-state index contributed by atoms with van der Waals surface area (Å²) >= 11 is 0. The monoisotopic (exact) mass is 410 g/mol. The van der Waals surface area contributed by atoms with Crippen molar-refractivity contribution in [2.75, 3.05) is 24.8 Å². The molecule has 0 aliphatic rings. The second kappa shape index (κ2) is 8.92. The number of rotatable bonds is 8. The summed E-state index contributed by atoms with van der Waals surface area (Å²) in [4.78, 5) is 12.6. The normalized spacial score (nSPS) is 12.2. The maximum atomic E-state index is 13.2. The molecule has 9 heteroatoms. The van der Waals surface area contributed by atoms with Crippen LogP contribution in [-0.2, 0) is 21.4 Å². The molecule has 0 saturated heterocycles. The molecule has 1 N–H and O–H groups in total. The predicted octanol–water partition coefficient (Wildman–Crippen LogP) is 2.31. The van der Waals surface area contributed by atoms with Crippen LogP contribution in [0.3, 0.4) is 0 Å². The highest BCUT2D eigenvalue weighted by Crippen LogP contribution is 2.27. The number of carbonyl (C=O) groups excluding carboxylic acids is 1. The number of hydrogen-bond acceptors (Lipinski definition) is 5. The number of carbonyl (C=O) groups is 1. The molecule has 1 amide bonds. The topological polar surface area (TPSA) is 84.9 Å². The molecule has 0 unspecified atom stereocenters. The summed E-state index contributed by atoms with van der Waals surface area (Å²) < 4.78 is 48.9. The minimum Gasteiger partial charge on any atom is -0.493 e. The average molecular weight is 410 g/mol. The number of ether oxygens (including phenoxy) is 2. The minimum atomic E-state index is -3.76. The number of nitrogens with zero attached hydrogens (tertiary/aromatic N) is 1. The largest absolute Gasteiger partial charge is 0.493 e. The van der Waals surface area contributed by atoms with Crippen molar-refractivity contribution in [3.05, 3.63) is 53.8 Å². The molecule has 0 saturated carbocycles. The van der Waals surface area contributed by atoms with Gasteiger partial charge in [0.15, 0.2) is 11.5 Å². The Hall–Kier alpha value is -2.81. The van der Waals surface area contributed by atoms with Crippen LogP contribution in [0, 0.1) is 5.82 Å². The molecular weight excluding hydrogens is 387 g/mol. The fourth-order valence-electron chi connectivity index (χ4n) is 2.72. The lowest BCUT2D eigenvalue weighted by molar-refractivity contribution is -0.122. The van der Waals surface area contributed by atoms with Gasteiger partial charge in [-0.3, -0.25) is 9.10 Å². The minimum absolute atomic E-state index is 0.171. The summed E-state index contributed by atoms with van der Waals surface area (Å²) in [6.45, 7) is 1.64. The summed E-state index contributed by atoms with van der Waals surface area (Å²) in [6.07, 6.45) is 0.995. The van der Waals surface area contributed by atoms with Gasteiger partial charge in [-0.1, -0.05) is 6.07 Å². The zero-order chi connectivity index (χ0) is 20.9. The summed E-state index contributed by atoms with van der Waals surface area (Å²) in [5.41, 5.74) is 0.962. The molecule has 0 spiro atoms. The highest BCUT2D eigenvalue weighted by molar-refractivity contribution is 7.92. The van der Waals surface area contributed by atoms with Gasteiger partial charge in [0, 0.05) is 6.54 Å². The lowest BCUT2D eigenvalue weighted by atomic mass is 10.2. The highest BCUT2D eigenvalue weighted by atomic mass is 32.2. The van der Waals surface area contributed by atoms with Crippen LogP contribution in [0.1, 0.15) is 12.5 Å². The maximum Gasteiger partial charge on any atom is 0.243 e. The van der Waals surface area contributed by atoms with E-state index >= 15 is 0 Å². The van der Waals surface area contributed by atoms with Crippen LogP contribution < -0.4 is 19.1 Å². The molecule has 0 fully saturated rings. The molecule has 0 heterocycles. The quantitative estimate of drug-likeness (QED) is 0.722. The molecule has 2 aromatic rings. The van der Waals surface area contributed by atoms with E-state index in [0.717, 1.165) is 28.3 Å². The van der Waals surface area contributed by atoms with Crippen molar-refractivity contribution in [1.82, 2.24) is 5.32 Å². The molecular formula is C19H23FN2O5S. The first-order valence-electron chi connectivity index (χ1n) is 8.41. The van der Waals surface area contributed by atoms with Gasteiger partial charge in [-0.15, -0.1) is 0 Å². The number of sulfonamides is 1. The Kier molecular flexibility index (Phi) is 6.85. The van der Waals surface area contributed by atoms with Crippen molar-refractivity contribution in [2.24, 2.45) is 0 Å². The number of hydrogen-bond donors (Lipinski definition) is 1. The third-order valence-electron chi connectivity index (χ3n) is 4.08. The predicted molar refractivity (Wildman–Crippen MR) is 105 cm³/mol. The number of methoxy groups -OCH3 is 2. The molecule has 0 radical (unpaired) electrons.